The lowest BCUT2D eigenvalue weighted by Crippen LogP contribution is -2.58. The number of rotatable bonds is 24. The van der Waals surface area contributed by atoms with Crippen LogP contribution in [-0.2, 0) is 47.9 Å². The summed E-state index contributed by atoms with van der Waals surface area (Å²) in [6, 6.07) is -8.09. The Bertz CT molecular complexity index is 1180. The molecule has 0 saturated heterocycles. The minimum absolute atomic E-state index is 0.216. The maximum absolute atomic E-state index is 13.2. The first-order valence-electron chi connectivity index (χ1n) is 13.8. The number of primary amides is 2. The first-order valence-corrected chi connectivity index (χ1v) is 13.8. The van der Waals surface area contributed by atoms with Crippen LogP contribution in [0.25, 0.3) is 0 Å². The van der Waals surface area contributed by atoms with Gasteiger partial charge in [0.2, 0.25) is 35.4 Å². The lowest BCUT2D eigenvalue weighted by Gasteiger charge is -2.26. The van der Waals surface area contributed by atoms with E-state index < -0.39 is 141 Å². The summed E-state index contributed by atoms with van der Waals surface area (Å²) in [5.74, 6) is -11.9. The normalized spacial score (nSPS) is 13.8. The fourth-order valence-corrected chi connectivity index (χ4v) is 3.68. The Kier molecular flexibility index (Phi) is 18.2. The van der Waals surface area contributed by atoms with Gasteiger partial charge in [0.25, 0.3) is 0 Å². The van der Waals surface area contributed by atoms with Crippen molar-refractivity contribution < 1.29 is 68.4 Å². The first kappa shape index (κ1) is 40.7. The number of hydrogen-bond donors (Lipinski definition) is 11. The Labute approximate surface area is 261 Å². The Morgan fingerprint density at radius 1 is 0.435 bits per heavy atom. The first-order chi connectivity index (χ1) is 21.3. The van der Waals surface area contributed by atoms with Crippen LogP contribution in [-0.4, -0.2) is 110 Å². The van der Waals surface area contributed by atoms with E-state index in [0.717, 1.165) is 0 Å². The number of hydrogen-bond acceptors (Lipinski definition) is 11. The van der Waals surface area contributed by atoms with E-state index in [2.05, 4.69) is 16.0 Å². The zero-order valence-corrected chi connectivity index (χ0v) is 24.6. The Morgan fingerprint density at radius 3 is 1.04 bits per heavy atom. The average molecular weight is 662 g/mol. The Morgan fingerprint density at radius 2 is 0.717 bits per heavy atom. The number of aliphatic carboxylic acids is 4. The highest BCUT2D eigenvalue weighted by Crippen LogP contribution is 2.07. The maximum atomic E-state index is 13.2. The molecule has 0 aromatic rings. The molecule has 0 saturated carbocycles. The van der Waals surface area contributed by atoms with Gasteiger partial charge in [-0.05, 0) is 32.1 Å². The topological polar surface area (TPSA) is 378 Å². The summed E-state index contributed by atoms with van der Waals surface area (Å²) >= 11 is 0. The van der Waals surface area contributed by atoms with Crippen LogP contribution in [0.5, 0.6) is 0 Å². The molecule has 0 aliphatic carbocycles. The van der Waals surface area contributed by atoms with Crippen LogP contribution in [0.1, 0.15) is 64.2 Å². The van der Waals surface area contributed by atoms with E-state index >= 15 is 0 Å². The van der Waals surface area contributed by atoms with Crippen molar-refractivity contribution in [2.75, 3.05) is 0 Å². The van der Waals surface area contributed by atoms with Crippen molar-refractivity contribution in [3.63, 3.8) is 0 Å². The number of carboxylic acid groups (broad SMARTS) is 4. The summed E-state index contributed by atoms with van der Waals surface area (Å²) in [6.45, 7) is 0. The zero-order valence-electron chi connectivity index (χ0n) is 24.6. The molecule has 0 unspecified atom stereocenters. The second kappa shape index (κ2) is 20.6. The molecule has 5 atom stereocenters. The molecule has 0 radical (unpaired) electrons. The van der Waals surface area contributed by atoms with E-state index in [0.29, 0.717) is 0 Å². The summed E-state index contributed by atoms with van der Waals surface area (Å²) in [6.07, 6.45) is -5.14. The van der Waals surface area contributed by atoms with Crippen LogP contribution < -0.4 is 38.5 Å². The molecule has 0 aliphatic heterocycles. The predicted molar refractivity (Wildman–Crippen MR) is 151 cm³/mol. The number of amides is 6. The smallest absolute Gasteiger partial charge is 0.326 e. The molecule has 21 nitrogen and oxygen atoms in total. The molecule has 6 amide bonds. The van der Waals surface area contributed by atoms with Crippen molar-refractivity contribution in [2.24, 2.45) is 17.2 Å². The van der Waals surface area contributed by atoms with Gasteiger partial charge in [-0.2, -0.15) is 0 Å². The van der Waals surface area contributed by atoms with Crippen LogP contribution in [0.4, 0.5) is 0 Å². The molecule has 258 valence electrons. The van der Waals surface area contributed by atoms with E-state index in [1.807, 2.05) is 5.32 Å². The van der Waals surface area contributed by atoms with Gasteiger partial charge in [-0.1, -0.05) is 0 Å². The third-order valence-corrected chi connectivity index (χ3v) is 6.17. The van der Waals surface area contributed by atoms with Crippen LogP contribution in [0.2, 0.25) is 0 Å². The second-order valence-corrected chi connectivity index (χ2v) is 10.00. The average Bonchev–Trinajstić information content (AvgIpc) is 2.94. The van der Waals surface area contributed by atoms with Gasteiger partial charge in [-0.15, -0.1) is 0 Å². The molecule has 21 heteroatoms. The summed E-state index contributed by atoms with van der Waals surface area (Å²) in [5.41, 5.74) is 15.8. The van der Waals surface area contributed by atoms with Gasteiger partial charge in [-0.3, -0.25) is 43.2 Å². The Hall–Kier alpha value is -5.34. The van der Waals surface area contributed by atoms with Gasteiger partial charge in [0.15, 0.2) is 0 Å². The maximum Gasteiger partial charge on any atom is 0.326 e. The number of carboxylic acids is 4. The van der Waals surface area contributed by atoms with Crippen molar-refractivity contribution in [2.45, 2.75) is 94.4 Å². The van der Waals surface area contributed by atoms with Crippen molar-refractivity contribution in [1.29, 1.82) is 0 Å². The summed E-state index contributed by atoms with van der Waals surface area (Å²) in [5, 5.41) is 44.9. The van der Waals surface area contributed by atoms with E-state index in [1.165, 1.54) is 0 Å². The van der Waals surface area contributed by atoms with E-state index in [9.17, 15) is 53.1 Å². The van der Waals surface area contributed by atoms with Gasteiger partial charge in [-0.25, -0.2) is 4.79 Å². The van der Waals surface area contributed by atoms with E-state index in [4.69, 9.17) is 32.5 Å². The zero-order chi connectivity index (χ0) is 35.6. The SMILES string of the molecule is NC(=O)CC[C@H](NC(=O)[C@H](CCC(=O)O)NC(=O)[C@H](CCC(=O)O)NC(=O)[C@@H](N)CCC(N)=O)C(=O)N[C@@H](CCC(=O)O)C(=O)O. The predicted octanol–water partition coefficient (Wildman–Crippen LogP) is -4.54. The summed E-state index contributed by atoms with van der Waals surface area (Å²) < 4.78 is 0. The van der Waals surface area contributed by atoms with E-state index in [-0.39, 0.29) is 12.8 Å². The second-order valence-electron chi connectivity index (χ2n) is 10.00. The van der Waals surface area contributed by atoms with Crippen molar-refractivity contribution in [3.8, 4) is 0 Å². The Balaban J connectivity index is 6.07. The standard InChI is InChI=1S/C25H39N7O14/c26-11(1-6-16(27)33)21(41)29-13(3-8-18(35)36)22(42)31-14(4-9-19(37)38)23(43)30-12(2-7-17(28)34)24(44)32-15(25(45)46)5-10-20(39)40/h11-15H,1-10,26H2,(H2,27,33)(H2,28,34)(H,29,41)(H,30,43)(H,31,42)(H,32,44)(H,35,36)(H,37,38)(H,39,40)(H,45,46)/t11-,12-,13-,14-,15-/m0/s1. The fraction of sp³-hybridized carbons (Fsp3) is 0.600. The molecule has 14 N–H and O–H groups in total. The summed E-state index contributed by atoms with van der Waals surface area (Å²) in [7, 11) is 0. The van der Waals surface area contributed by atoms with Crippen molar-refractivity contribution in [1.82, 2.24) is 21.3 Å². The molecule has 0 spiro atoms. The number of carbonyl (C=O) groups excluding carboxylic acids is 6. The van der Waals surface area contributed by atoms with Crippen molar-refractivity contribution in [3.05, 3.63) is 0 Å². The van der Waals surface area contributed by atoms with Gasteiger partial charge in [0, 0.05) is 32.1 Å². The molecule has 0 aliphatic rings. The van der Waals surface area contributed by atoms with Crippen LogP contribution >= 0.6 is 0 Å². The number of nitrogens with one attached hydrogen (secondary N) is 4. The monoisotopic (exact) mass is 661 g/mol. The lowest BCUT2D eigenvalue weighted by molar-refractivity contribution is -0.144. The molecule has 0 aromatic carbocycles. The molecule has 0 bridgehead atoms. The minimum atomic E-state index is -1.73. The van der Waals surface area contributed by atoms with E-state index in [1.54, 1.807) is 0 Å². The third kappa shape index (κ3) is 17.7. The number of carbonyl (C=O) groups is 10. The molecule has 0 heterocycles. The molecular formula is C25H39N7O14. The van der Waals surface area contributed by atoms with Crippen LogP contribution in [0.15, 0.2) is 0 Å². The van der Waals surface area contributed by atoms with Crippen molar-refractivity contribution >= 4 is 59.3 Å². The highest BCUT2D eigenvalue weighted by molar-refractivity contribution is 5.96. The summed E-state index contributed by atoms with van der Waals surface area (Å²) in [4.78, 5) is 119. The van der Waals surface area contributed by atoms with Gasteiger partial charge in [0.05, 0.1) is 6.04 Å². The van der Waals surface area contributed by atoms with Crippen LogP contribution in [0, 0.1) is 0 Å². The molecule has 0 rings (SSSR count). The van der Waals surface area contributed by atoms with Gasteiger partial charge in [0.1, 0.15) is 24.2 Å². The fourth-order valence-electron chi connectivity index (χ4n) is 3.68. The van der Waals surface area contributed by atoms with Gasteiger partial charge < -0.3 is 58.9 Å². The molecule has 0 fully saturated rings. The highest BCUT2D eigenvalue weighted by atomic mass is 16.4. The minimum Gasteiger partial charge on any atom is -0.481 e. The number of nitrogens with two attached hydrogens (primary N) is 3. The molecule has 0 aromatic heterocycles. The lowest BCUT2D eigenvalue weighted by atomic mass is 10.0. The molecule has 46 heavy (non-hydrogen) atoms. The van der Waals surface area contributed by atoms with Gasteiger partial charge >= 0.3 is 23.9 Å². The third-order valence-electron chi connectivity index (χ3n) is 6.17. The quantitative estimate of drug-likeness (QED) is 0.0464. The molecular weight excluding hydrogens is 622 g/mol. The highest BCUT2D eigenvalue weighted by Gasteiger charge is 2.32. The largest absolute Gasteiger partial charge is 0.481 e. The van der Waals surface area contributed by atoms with Crippen LogP contribution in [0.3, 0.4) is 0 Å².